The van der Waals surface area contributed by atoms with E-state index in [4.69, 9.17) is 5.26 Å². The van der Waals surface area contributed by atoms with E-state index in [0.717, 1.165) is 15.4 Å². The predicted octanol–water partition coefficient (Wildman–Crippen LogP) is 3.90. The summed E-state index contributed by atoms with van der Waals surface area (Å²) in [5.41, 5.74) is 3.32. The molecule has 0 unspecified atom stereocenters. The number of nitrogens with one attached hydrogen (secondary N) is 1. The Kier molecular flexibility index (Phi) is 5.23. The average Bonchev–Trinajstić information content (AvgIpc) is 3.19. The second kappa shape index (κ2) is 8.12. The van der Waals surface area contributed by atoms with E-state index in [1.807, 2.05) is 36.4 Å². The number of nitriles is 1. The smallest absolute Gasteiger partial charge is 0.277 e. The van der Waals surface area contributed by atoms with Crippen LogP contribution < -0.4 is 5.32 Å². The Morgan fingerprint density at radius 3 is 2.68 bits per heavy atom. The maximum atomic E-state index is 12.4. The highest BCUT2D eigenvalue weighted by molar-refractivity contribution is 8.00. The number of hydrogen-bond donors (Lipinski definition) is 1. The molecular weight excluding hydrogens is 392 g/mol. The molecule has 0 aliphatic rings. The van der Waals surface area contributed by atoms with Crippen LogP contribution in [-0.2, 0) is 5.75 Å². The highest BCUT2D eigenvalue weighted by Gasteiger charge is 2.13. The monoisotopic (exact) mass is 404 g/mol. The molecule has 28 heavy (non-hydrogen) atoms. The van der Waals surface area contributed by atoms with Crippen molar-refractivity contribution in [2.45, 2.75) is 10.1 Å². The van der Waals surface area contributed by atoms with E-state index in [1.165, 1.54) is 29.3 Å². The Morgan fingerprint density at radius 1 is 1.11 bits per heavy atom. The highest BCUT2D eigenvalue weighted by Crippen LogP contribution is 2.28. The molecule has 1 N–H and O–H groups in total. The summed E-state index contributed by atoms with van der Waals surface area (Å²) in [5.74, 6) is 0.322. The molecule has 136 valence electrons. The van der Waals surface area contributed by atoms with E-state index in [2.05, 4.69) is 31.6 Å². The lowest BCUT2D eigenvalue weighted by Crippen LogP contribution is -2.14. The predicted molar refractivity (Wildman–Crippen MR) is 108 cm³/mol. The molecule has 4 rings (SSSR count). The first kappa shape index (κ1) is 18.0. The minimum atomic E-state index is -0.377. The lowest BCUT2D eigenvalue weighted by molar-refractivity contribution is 0.102. The summed E-state index contributed by atoms with van der Waals surface area (Å²) >= 11 is 2.81. The maximum Gasteiger partial charge on any atom is 0.277 e. The summed E-state index contributed by atoms with van der Waals surface area (Å²) in [6.45, 7) is 0. The maximum absolute atomic E-state index is 12.4. The first-order chi connectivity index (χ1) is 13.7. The van der Waals surface area contributed by atoms with Crippen LogP contribution in [0.25, 0.3) is 11.0 Å². The van der Waals surface area contributed by atoms with E-state index < -0.39 is 0 Å². The Bertz CT molecular complexity index is 1180. The van der Waals surface area contributed by atoms with Crippen molar-refractivity contribution in [1.29, 1.82) is 5.26 Å². The summed E-state index contributed by atoms with van der Waals surface area (Å²) in [6.07, 6.45) is 1.44. The number of amides is 1. The van der Waals surface area contributed by atoms with Gasteiger partial charge in [0.15, 0.2) is 4.34 Å². The van der Waals surface area contributed by atoms with Gasteiger partial charge in [0.1, 0.15) is 5.69 Å². The number of carbonyl (C=O) groups excluding carboxylic acids is 1. The van der Waals surface area contributed by atoms with E-state index in [-0.39, 0.29) is 11.6 Å². The molecule has 0 bridgehead atoms. The largest absolute Gasteiger partial charge is 0.295 e. The molecule has 0 radical (unpaired) electrons. The van der Waals surface area contributed by atoms with Crippen LogP contribution >= 0.6 is 23.1 Å². The van der Waals surface area contributed by atoms with Crippen LogP contribution in [0.5, 0.6) is 0 Å². The summed E-state index contributed by atoms with van der Waals surface area (Å²) in [7, 11) is 0. The zero-order valence-corrected chi connectivity index (χ0v) is 16.0. The summed E-state index contributed by atoms with van der Waals surface area (Å²) in [6, 6.07) is 16.8. The average molecular weight is 404 g/mol. The Balaban J connectivity index is 1.39. The van der Waals surface area contributed by atoms with Crippen molar-refractivity contribution < 1.29 is 4.79 Å². The van der Waals surface area contributed by atoms with Crippen LogP contribution in [-0.4, -0.2) is 26.1 Å². The normalized spacial score (nSPS) is 10.5. The molecule has 0 fully saturated rings. The third-order valence-electron chi connectivity index (χ3n) is 3.75. The summed E-state index contributed by atoms with van der Waals surface area (Å²) in [5, 5.41) is 20.0. The summed E-state index contributed by atoms with van der Waals surface area (Å²) < 4.78 is 0.740. The Hall–Kier alpha value is -3.35. The number of anilines is 1. The standard InChI is InChI=1S/C19H12N6OS2/c20-9-12-5-7-13(8-6-12)11-27-19-25-24-18(28-19)23-17(26)16-10-21-14-3-1-2-4-15(14)22-16/h1-8,10H,11H2,(H,23,24,26). The number of nitrogens with zero attached hydrogens (tertiary/aromatic N) is 5. The molecule has 2 heterocycles. The summed E-state index contributed by atoms with van der Waals surface area (Å²) in [4.78, 5) is 21.0. The highest BCUT2D eigenvalue weighted by atomic mass is 32.2. The molecule has 0 saturated carbocycles. The minimum absolute atomic E-state index is 0.223. The zero-order chi connectivity index (χ0) is 19.3. The van der Waals surface area contributed by atoms with Gasteiger partial charge in [-0.2, -0.15) is 5.26 Å². The lowest BCUT2D eigenvalue weighted by Gasteiger charge is -2.01. The number of hydrogen-bond acceptors (Lipinski definition) is 8. The molecule has 0 aliphatic carbocycles. The number of para-hydroxylation sites is 2. The number of fused-ring (bicyclic) bond motifs is 1. The van der Waals surface area contributed by atoms with Crippen LogP contribution in [0, 0.1) is 11.3 Å². The third kappa shape index (κ3) is 4.14. The van der Waals surface area contributed by atoms with Gasteiger partial charge in [0, 0.05) is 5.75 Å². The number of aromatic nitrogens is 4. The molecule has 1 amide bonds. The fourth-order valence-electron chi connectivity index (χ4n) is 2.37. The van der Waals surface area contributed by atoms with Crippen molar-refractivity contribution in [1.82, 2.24) is 20.2 Å². The molecule has 7 nitrogen and oxygen atoms in total. The van der Waals surface area contributed by atoms with E-state index in [0.29, 0.717) is 22.0 Å². The van der Waals surface area contributed by atoms with Crippen LogP contribution in [0.2, 0.25) is 0 Å². The van der Waals surface area contributed by atoms with Gasteiger partial charge in [0.25, 0.3) is 5.91 Å². The van der Waals surface area contributed by atoms with Crippen LogP contribution in [0.4, 0.5) is 5.13 Å². The molecular formula is C19H12N6OS2. The van der Waals surface area contributed by atoms with Crippen LogP contribution in [0.1, 0.15) is 21.6 Å². The topological polar surface area (TPSA) is 104 Å². The molecule has 4 aromatic rings. The number of benzene rings is 2. The molecule has 0 aliphatic heterocycles. The Labute approximate surface area is 168 Å². The minimum Gasteiger partial charge on any atom is -0.295 e. The zero-order valence-electron chi connectivity index (χ0n) is 14.4. The molecule has 2 aromatic heterocycles. The van der Waals surface area contributed by atoms with Gasteiger partial charge in [0.05, 0.1) is 28.9 Å². The molecule has 0 spiro atoms. The molecule has 2 aromatic carbocycles. The van der Waals surface area contributed by atoms with Gasteiger partial charge in [-0.3, -0.25) is 15.1 Å². The SMILES string of the molecule is N#Cc1ccc(CSc2nnc(NC(=O)c3cnc4ccccc4n3)s2)cc1. The number of thioether (sulfide) groups is 1. The van der Waals surface area contributed by atoms with Crippen molar-refractivity contribution in [2.75, 3.05) is 5.32 Å². The fraction of sp³-hybridized carbons (Fsp3) is 0.0526. The molecule has 0 atom stereocenters. The van der Waals surface area contributed by atoms with Crippen molar-refractivity contribution >= 4 is 45.2 Å². The van der Waals surface area contributed by atoms with Gasteiger partial charge in [-0.05, 0) is 29.8 Å². The van der Waals surface area contributed by atoms with Crippen molar-refractivity contribution in [3.8, 4) is 6.07 Å². The molecule has 0 saturated heterocycles. The third-order valence-corrected chi connectivity index (χ3v) is 5.80. The van der Waals surface area contributed by atoms with Gasteiger partial charge in [-0.25, -0.2) is 4.98 Å². The van der Waals surface area contributed by atoms with Gasteiger partial charge in [0.2, 0.25) is 5.13 Å². The van der Waals surface area contributed by atoms with E-state index in [9.17, 15) is 4.79 Å². The van der Waals surface area contributed by atoms with Crippen LogP contribution in [0.15, 0.2) is 59.1 Å². The number of carbonyl (C=O) groups is 1. The van der Waals surface area contributed by atoms with Crippen molar-refractivity contribution in [3.63, 3.8) is 0 Å². The Morgan fingerprint density at radius 2 is 1.89 bits per heavy atom. The van der Waals surface area contributed by atoms with Crippen LogP contribution in [0.3, 0.4) is 0 Å². The second-order valence-electron chi connectivity index (χ2n) is 5.67. The van der Waals surface area contributed by atoms with E-state index in [1.54, 1.807) is 12.1 Å². The van der Waals surface area contributed by atoms with E-state index >= 15 is 0 Å². The van der Waals surface area contributed by atoms with Crippen molar-refractivity contribution in [3.05, 3.63) is 71.5 Å². The van der Waals surface area contributed by atoms with Gasteiger partial charge >= 0.3 is 0 Å². The molecule has 9 heteroatoms. The van der Waals surface area contributed by atoms with Gasteiger partial charge in [-0.15, -0.1) is 10.2 Å². The lowest BCUT2D eigenvalue weighted by atomic mass is 10.2. The quantitative estimate of drug-likeness (QED) is 0.397. The second-order valence-corrected chi connectivity index (χ2v) is 7.87. The first-order valence-electron chi connectivity index (χ1n) is 8.20. The van der Waals surface area contributed by atoms with Gasteiger partial charge < -0.3 is 0 Å². The fourth-order valence-corrected chi connectivity index (χ4v) is 4.07. The first-order valence-corrected chi connectivity index (χ1v) is 10.00. The number of rotatable bonds is 5. The van der Waals surface area contributed by atoms with Gasteiger partial charge in [-0.1, -0.05) is 47.4 Å². The van der Waals surface area contributed by atoms with Crippen molar-refractivity contribution in [2.24, 2.45) is 0 Å².